The monoisotopic (exact) mass is 413 g/mol. The molecule has 1 atom stereocenters. The largest absolute Gasteiger partial charge is 0.493 e. The van der Waals surface area contributed by atoms with Crippen molar-refractivity contribution in [3.05, 3.63) is 23.8 Å². The number of amides is 1. The van der Waals surface area contributed by atoms with E-state index in [0.29, 0.717) is 37.4 Å². The SMILES string of the molecule is CC[C@@H](NC(=O)C1CCN(S(=O)(=O)N(C)C)CC1)c1ccc(OC)c(OC)c1. The summed E-state index contributed by atoms with van der Waals surface area (Å²) in [5.74, 6) is 1.03. The third-order valence-electron chi connectivity index (χ3n) is 5.15. The summed E-state index contributed by atoms with van der Waals surface area (Å²) in [5, 5.41) is 3.10. The molecule has 1 aliphatic rings. The molecule has 0 bridgehead atoms. The van der Waals surface area contributed by atoms with E-state index in [-0.39, 0.29) is 17.9 Å². The fraction of sp³-hybridized carbons (Fsp3) is 0.632. The minimum Gasteiger partial charge on any atom is -0.493 e. The molecule has 1 saturated heterocycles. The summed E-state index contributed by atoms with van der Waals surface area (Å²) in [7, 11) is 2.77. The maximum Gasteiger partial charge on any atom is 0.281 e. The third kappa shape index (κ3) is 4.95. The van der Waals surface area contributed by atoms with Crippen molar-refractivity contribution < 1.29 is 22.7 Å². The second-order valence-corrected chi connectivity index (χ2v) is 9.19. The van der Waals surface area contributed by atoms with Crippen LogP contribution in [0, 0.1) is 5.92 Å². The molecular formula is C19H31N3O5S. The Hall–Kier alpha value is -1.84. The van der Waals surface area contributed by atoms with Gasteiger partial charge < -0.3 is 14.8 Å². The predicted molar refractivity (Wildman–Crippen MR) is 108 cm³/mol. The lowest BCUT2D eigenvalue weighted by molar-refractivity contribution is -0.126. The second-order valence-electron chi connectivity index (χ2n) is 7.05. The normalized spacial score (nSPS) is 17.4. The highest BCUT2D eigenvalue weighted by Crippen LogP contribution is 2.31. The van der Waals surface area contributed by atoms with E-state index in [1.165, 1.54) is 22.7 Å². The van der Waals surface area contributed by atoms with Crippen LogP contribution in [0.4, 0.5) is 0 Å². The summed E-state index contributed by atoms with van der Waals surface area (Å²) in [6.07, 6.45) is 1.76. The lowest BCUT2D eigenvalue weighted by atomic mass is 9.95. The minimum absolute atomic E-state index is 0.0384. The van der Waals surface area contributed by atoms with Crippen molar-refractivity contribution in [1.29, 1.82) is 0 Å². The molecule has 158 valence electrons. The lowest BCUT2D eigenvalue weighted by Gasteiger charge is -2.32. The summed E-state index contributed by atoms with van der Waals surface area (Å²) in [6.45, 7) is 2.71. The Kier molecular flexibility index (Phi) is 7.68. The fourth-order valence-corrected chi connectivity index (χ4v) is 4.49. The van der Waals surface area contributed by atoms with Crippen molar-refractivity contribution in [2.24, 2.45) is 5.92 Å². The van der Waals surface area contributed by atoms with Gasteiger partial charge in [0.2, 0.25) is 5.91 Å². The number of ether oxygens (including phenoxy) is 2. The molecule has 0 radical (unpaired) electrons. The number of rotatable bonds is 8. The van der Waals surface area contributed by atoms with Crippen LogP contribution in [-0.4, -0.2) is 64.3 Å². The number of methoxy groups -OCH3 is 2. The van der Waals surface area contributed by atoms with E-state index in [2.05, 4.69) is 5.32 Å². The standard InChI is InChI=1S/C19H31N3O5S/c1-6-16(15-7-8-17(26-4)18(13-15)27-5)20-19(23)14-9-11-22(12-10-14)28(24,25)21(2)3/h7-8,13-14,16H,6,9-12H2,1-5H3,(H,20,23)/t16-/m1/s1. The van der Waals surface area contributed by atoms with Crippen LogP contribution in [0.3, 0.4) is 0 Å². The minimum atomic E-state index is -3.42. The molecule has 1 aliphatic heterocycles. The van der Waals surface area contributed by atoms with Crippen molar-refractivity contribution in [2.75, 3.05) is 41.4 Å². The van der Waals surface area contributed by atoms with E-state index >= 15 is 0 Å². The van der Waals surface area contributed by atoms with E-state index in [1.54, 1.807) is 14.2 Å². The van der Waals surface area contributed by atoms with E-state index < -0.39 is 10.2 Å². The third-order valence-corrected chi connectivity index (χ3v) is 7.09. The van der Waals surface area contributed by atoms with Crippen LogP contribution in [-0.2, 0) is 15.0 Å². The molecule has 1 heterocycles. The van der Waals surface area contributed by atoms with Gasteiger partial charge in [-0.15, -0.1) is 0 Å². The van der Waals surface area contributed by atoms with Crippen molar-refractivity contribution >= 4 is 16.1 Å². The smallest absolute Gasteiger partial charge is 0.281 e. The van der Waals surface area contributed by atoms with Gasteiger partial charge in [0.25, 0.3) is 10.2 Å². The summed E-state index contributed by atoms with van der Waals surface area (Å²) in [4.78, 5) is 12.8. The van der Waals surface area contributed by atoms with Gasteiger partial charge in [-0.3, -0.25) is 4.79 Å². The zero-order valence-corrected chi connectivity index (χ0v) is 18.1. The van der Waals surface area contributed by atoms with Gasteiger partial charge in [-0.1, -0.05) is 13.0 Å². The Labute approximate surface area is 168 Å². The van der Waals surface area contributed by atoms with E-state index in [4.69, 9.17) is 9.47 Å². The zero-order chi connectivity index (χ0) is 20.9. The molecule has 1 amide bonds. The van der Waals surface area contributed by atoms with E-state index in [0.717, 1.165) is 12.0 Å². The number of carbonyl (C=O) groups excluding carboxylic acids is 1. The predicted octanol–water partition coefficient (Wildman–Crippen LogP) is 1.79. The number of nitrogens with one attached hydrogen (secondary N) is 1. The molecule has 0 aromatic heterocycles. The number of benzene rings is 1. The first kappa shape index (κ1) is 22.4. The van der Waals surface area contributed by atoms with Crippen LogP contribution in [0.15, 0.2) is 18.2 Å². The fourth-order valence-electron chi connectivity index (χ4n) is 3.36. The van der Waals surface area contributed by atoms with Crippen LogP contribution in [0.5, 0.6) is 11.5 Å². The summed E-state index contributed by atoms with van der Waals surface area (Å²) < 4.78 is 37.7. The summed E-state index contributed by atoms with van der Waals surface area (Å²) in [5.41, 5.74) is 0.945. The topological polar surface area (TPSA) is 88.2 Å². The Morgan fingerprint density at radius 1 is 1.21 bits per heavy atom. The average Bonchev–Trinajstić information content (AvgIpc) is 2.71. The van der Waals surface area contributed by atoms with Gasteiger partial charge in [0, 0.05) is 33.1 Å². The number of piperidine rings is 1. The van der Waals surface area contributed by atoms with Gasteiger partial charge in [0.15, 0.2) is 11.5 Å². The van der Waals surface area contributed by atoms with Crippen LogP contribution >= 0.6 is 0 Å². The molecule has 0 spiro atoms. The second kappa shape index (κ2) is 9.58. The summed E-state index contributed by atoms with van der Waals surface area (Å²) >= 11 is 0. The van der Waals surface area contributed by atoms with Crippen molar-refractivity contribution in [1.82, 2.24) is 13.9 Å². The highest BCUT2D eigenvalue weighted by atomic mass is 32.2. The molecule has 1 aromatic rings. The first-order valence-electron chi connectivity index (χ1n) is 9.44. The molecule has 1 aromatic carbocycles. The van der Waals surface area contributed by atoms with Crippen LogP contribution < -0.4 is 14.8 Å². The highest BCUT2D eigenvalue weighted by Gasteiger charge is 2.32. The maximum atomic E-state index is 12.8. The number of hydrogen-bond acceptors (Lipinski definition) is 5. The zero-order valence-electron chi connectivity index (χ0n) is 17.3. The van der Waals surface area contributed by atoms with Crippen LogP contribution in [0.1, 0.15) is 37.8 Å². The molecular weight excluding hydrogens is 382 g/mol. The Bertz CT molecular complexity index is 774. The Morgan fingerprint density at radius 3 is 2.32 bits per heavy atom. The number of hydrogen-bond donors (Lipinski definition) is 1. The van der Waals surface area contributed by atoms with Gasteiger partial charge >= 0.3 is 0 Å². The van der Waals surface area contributed by atoms with Gasteiger partial charge in [-0.2, -0.15) is 17.0 Å². The Morgan fingerprint density at radius 2 is 1.82 bits per heavy atom. The van der Waals surface area contributed by atoms with Crippen molar-refractivity contribution in [3.63, 3.8) is 0 Å². The van der Waals surface area contributed by atoms with E-state index in [9.17, 15) is 13.2 Å². The van der Waals surface area contributed by atoms with Gasteiger partial charge in [-0.05, 0) is 37.0 Å². The molecule has 1 N–H and O–H groups in total. The first-order chi connectivity index (χ1) is 13.2. The lowest BCUT2D eigenvalue weighted by Crippen LogP contribution is -2.47. The first-order valence-corrected chi connectivity index (χ1v) is 10.8. The molecule has 28 heavy (non-hydrogen) atoms. The van der Waals surface area contributed by atoms with Gasteiger partial charge in [0.05, 0.1) is 20.3 Å². The molecule has 0 unspecified atom stereocenters. The highest BCUT2D eigenvalue weighted by molar-refractivity contribution is 7.86. The molecule has 1 fully saturated rings. The molecule has 9 heteroatoms. The van der Waals surface area contributed by atoms with Gasteiger partial charge in [0.1, 0.15) is 0 Å². The number of nitrogens with zero attached hydrogens (tertiary/aromatic N) is 2. The van der Waals surface area contributed by atoms with Gasteiger partial charge in [-0.25, -0.2) is 0 Å². The average molecular weight is 414 g/mol. The van der Waals surface area contributed by atoms with E-state index in [1.807, 2.05) is 25.1 Å². The molecule has 0 aliphatic carbocycles. The van der Waals surface area contributed by atoms with Crippen LogP contribution in [0.25, 0.3) is 0 Å². The Balaban J connectivity index is 2.02. The maximum absolute atomic E-state index is 12.8. The quantitative estimate of drug-likeness (QED) is 0.702. The molecule has 8 nitrogen and oxygen atoms in total. The molecule has 0 saturated carbocycles. The number of carbonyl (C=O) groups is 1. The van der Waals surface area contributed by atoms with Crippen LogP contribution in [0.2, 0.25) is 0 Å². The molecule has 2 rings (SSSR count). The van der Waals surface area contributed by atoms with Crippen molar-refractivity contribution in [2.45, 2.75) is 32.2 Å². The van der Waals surface area contributed by atoms with Crippen molar-refractivity contribution in [3.8, 4) is 11.5 Å². The summed E-state index contributed by atoms with van der Waals surface area (Å²) in [6, 6.07) is 5.48.